The summed E-state index contributed by atoms with van der Waals surface area (Å²) in [5, 5.41) is 3.82. The van der Waals surface area contributed by atoms with Crippen LogP contribution >= 0.6 is 0 Å². The van der Waals surface area contributed by atoms with Crippen LogP contribution in [-0.2, 0) is 0 Å². The Bertz CT molecular complexity index is 1250. The maximum absolute atomic E-state index is 12.8. The third-order valence-corrected chi connectivity index (χ3v) is 5.57. The number of rotatable bonds is 8. The number of urea groups is 1. The Labute approximate surface area is 224 Å². The molecule has 2 amide bonds. The van der Waals surface area contributed by atoms with Crippen LogP contribution in [0.15, 0.2) is 80.4 Å². The Morgan fingerprint density at radius 1 is 1.05 bits per heavy atom. The molecule has 1 aliphatic rings. The van der Waals surface area contributed by atoms with Crippen molar-refractivity contribution in [3.05, 3.63) is 80.4 Å². The van der Waals surface area contributed by atoms with Gasteiger partial charge in [0.05, 0.1) is 18.9 Å². The van der Waals surface area contributed by atoms with Gasteiger partial charge >= 0.3 is 6.03 Å². The summed E-state index contributed by atoms with van der Waals surface area (Å²) in [5.41, 5.74) is 1.48. The van der Waals surface area contributed by atoms with Crippen molar-refractivity contribution >= 4 is 28.4 Å². The van der Waals surface area contributed by atoms with Gasteiger partial charge in [0.1, 0.15) is 24.5 Å². The standard InChI is InChI=1S/C26H29N5O4.C3H6/c1-4-14-34-20-8-6-19(7-9-20)29-26(32)31-12-10-30(11-13-31)25-21-16-23(33-3)24(35-15-5-2)17-22(21)27-18-28-25;1-3-2/h4-9,14,16-18H,2,10-13,15H2,1,3H3,(H,29,32);3H,1H2,2H3/b14-4+;. The minimum absolute atomic E-state index is 0.134. The predicted molar refractivity (Wildman–Crippen MR) is 152 cm³/mol. The van der Waals surface area contributed by atoms with Gasteiger partial charge in [-0.1, -0.05) is 24.8 Å². The molecule has 0 saturated carbocycles. The first-order valence-corrected chi connectivity index (χ1v) is 12.4. The molecule has 1 aliphatic heterocycles. The minimum atomic E-state index is -0.134. The second-order valence-electron chi connectivity index (χ2n) is 8.24. The molecule has 200 valence electrons. The number of nitrogens with zero attached hydrogens (tertiary/aromatic N) is 4. The third-order valence-electron chi connectivity index (χ3n) is 5.57. The van der Waals surface area contributed by atoms with Crippen LogP contribution in [0.3, 0.4) is 0 Å². The number of nitrogens with one attached hydrogen (secondary N) is 1. The zero-order valence-corrected chi connectivity index (χ0v) is 22.2. The van der Waals surface area contributed by atoms with Gasteiger partial charge in [-0.15, -0.1) is 6.58 Å². The monoisotopic (exact) mass is 517 g/mol. The van der Waals surface area contributed by atoms with Crippen LogP contribution < -0.4 is 24.4 Å². The number of aromatic nitrogens is 2. The molecule has 0 atom stereocenters. The number of piperazine rings is 1. The van der Waals surface area contributed by atoms with Gasteiger partial charge < -0.3 is 29.3 Å². The van der Waals surface area contributed by atoms with Gasteiger partial charge in [-0.2, -0.15) is 0 Å². The first kappa shape index (κ1) is 28.0. The van der Waals surface area contributed by atoms with Gasteiger partial charge in [-0.3, -0.25) is 0 Å². The lowest BCUT2D eigenvalue weighted by molar-refractivity contribution is 0.208. The SMILES string of the molecule is C=CC.C=CCOc1cc2ncnc(N3CCN(C(=O)Nc4ccc(O/C=C/C)cc4)CC3)c2cc1OC. The lowest BCUT2D eigenvalue weighted by atomic mass is 10.2. The van der Waals surface area contributed by atoms with Crippen LogP contribution in [0.4, 0.5) is 16.3 Å². The van der Waals surface area contributed by atoms with Gasteiger partial charge in [0.2, 0.25) is 0 Å². The summed E-state index contributed by atoms with van der Waals surface area (Å²) in [7, 11) is 1.60. The highest BCUT2D eigenvalue weighted by molar-refractivity contribution is 5.92. The van der Waals surface area contributed by atoms with E-state index in [1.54, 1.807) is 36.8 Å². The molecule has 0 aliphatic carbocycles. The molecule has 9 nitrogen and oxygen atoms in total. The molecule has 0 radical (unpaired) electrons. The fourth-order valence-corrected chi connectivity index (χ4v) is 3.81. The topological polar surface area (TPSA) is 89.1 Å². The van der Waals surface area contributed by atoms with E-state index in [2.05, 4.69) is 33.3 Å². The molecular weight excluding hydrogens is 482 g/mol. The second-order valence-corrected chi connectivity index (χ2v) is 8.24. The predicted octanol–water partition coefficient (Wildman–Crippen LogP) is 5.66. The van der Waals surface area contributed by atoms with E-state index in [-0.39, 0.29) is 6.03 Å². The van der Waals surface area contributed by atoms with Gasteiger partial charge in [0, 0.05) is 43.3 Å². The van der Waals surface area contributed by atoms with Crippen LogP contribution in [0.2, 0.25) is 0 Å². The van der Waals surface area contributed by atoms with Crippen molar-refractivity contribution in [1.29, 1.82) is 0 Å². The first-order chi connectivity index (χ1) is 18.5. The molecule has 2 heterocycles. The summed E-state index contributed by atoms with van der Waals surface area (Å²) in [6, 6.07) is 10.9. The number of anilines is 2. The highest BCUT2D eigenvalue weighted by Gasteiger charge is 2.24. The van der Waals surface area contributed by atoms with E-state index in [1.807, 2.05) is 56.3 Å². The van der Waals surface area contributed by atoms with Crippen molar-refractivity contribution in [2.75, 3.05) is 50.1 Å². The second kappa shape index (κ2) is 14.3. The van der Waals surface area contributed by atoms with E-state index in [0.29, 0.717) is 55.7 Å². The lowest BCUT2D eigenvalue weighted by Crippen LogP contribution is -2.50. The summed E-state index contributed by atoms with van der Waals surface area (Å²) in [6.07, 6.45) is 8.40. The van der Waals surface area contributed by atoms with E-state index >= 15 is 0 Å². The molecule has 0 unspecified atom stereocenters. The average molecular weight is 518 g/mol. The summed E-state index contributed by atoms with van der Waals surface area (Å²) < 4.78 is 16.6. The Morgan fingerprint density at radius 3 is 2.39 bits per heavy atom. The smallest absolute Gasteiger partial charge is 0.321 e. The molecular formula is C29H35N5O4. The molecule has 1 fully saturated rings. The normalized spacial score (nSPS) is 12.9. The first-order valence-electron chi connectivity index (χ1n) is 12.4. The Hall–Kier alpha value is -4.53. The summed E-state index contributed by atoms with van der Waals surface area (Å²) in [4.78, 5) is 25.7. The van der Waals surface area contributed by atoms with Crippen LogP contribution in [0.25, 0.3) is 10.9 Å². The van der Waals surface area contributed by atoms with Gasteiger partial charge in [0.15, 0.2) is 11.5 Å². The maximum Gasteiger partial charge on any atom is 0.321 e. The summed E-state index contributed by atoms with van der Waals surface area (Å²) in [6.45, 7) is 13.6. The number of amides is 2. The molecule has 1 N–H and O–H groups in total. The molecule has 1 aromatic heterocycles. The summed E-state index contributed by atoms with van der Waals surface area (Å²) >= 11 is 0. The highest BCUT2D eigenvalue weighted by Crippen LogP contribution is 2.35. The fraction of sp³-hybridized carbons (Fsp3) is 0.276. The number of hydrogen-bond donors (Lipinski definition) is 1. The number of allylic oxidation sites excluding steroid dienone is 2. The van der Waals surface area contributed by atoms with Crippen molar-refractivity contribution in [3.8, 4) is 17.2 Å². The molecule has 3 aromatic rings. The highest BCUT2D eigenvalue weighted by atomic mass is 16.5. The Kier molecular flexibility index (Phi) is 10.5. The van der Waals surface area contributed by atoms with Crippen molar-refractivity contribution in [2.45, 2.75) is 13.8 Å². The van der Waals surface area contributed by atoms with Crippen LogP contribution in [-0.4, -0.2) is 60.8 Å². The Balaban J connectivity index is 0.00000127. The number of methoxy groups -OCH3 is 1. The van der Waals surface area contributed by atoms with E-state index < -0.39 is 0 Å². The maximum atomic E-state index is 12.8. The van der Waals surface area contributed by atoms with Crippen molar-refractivity contribution in [3.63, 3.8) is 0 Å². The van der Waals surface area contributed by atoms with Gasteiger partial charge in [-0.05, 0) is 44.2 Å². The minimum Gasteiger partial charge on any atom is -0.493 e. The molecule has 9 heteroatoms. The van der Waals surface area contributed by atoms with E-state index in [0.717, 1.165) is 16.7 Å². The average Bonchev–Trinajstić information content (AvgIpc) is 2.95. The third kappa shape index (κ3) is 7.25. The van der Waals surface area contributed by atoms with Crippen LogP contribution in [0.1, 0.15) is 13.8 Å². The van der Waals surface area contributed by atoms with Crippen molar-refractivity contribution in [1.82, 2.24) is 14.9 Å². The van der Waals surface area contributed by atoms with Crippen molar-refractivity contribution < 1.29 is 19.0 Å². The fourth-order valence-electron chi connectivity index (χ4n) is 3.81. The largest absolute Gasteiger partial charge is 0.493 e. The number of hydrogen-bond acceptors (Lipinski definition) is 7. The van der Waals surface area contributed by atoms with E-state index in [9.17, 15) is 4.79 Å². The lowest BCUT2D eigenvalue weighted by Gasteiger charge is -2.35. The van der Waals surface area contributed by atoms with E-state index in [4.69, 9.17) is 14.2 Å². The summed E-state index contributed by atoms with van der Waals surface area (Å²) in [5.74, 6) is 2.73. The van der Waals surface area contributed by atoms with Crippen LogP contribution in [0, 0.1) is 0 Å². The molecule has 1 saturated heterocycles. The Morgan fingerprint density at radius 2 is 1.76 bits per heavy atom. The quantitative estimate of drug-likeness (QED) is 0.305. The number of fused-ring (bicyclic) bond motifs is 1. The molecule has 0 bridgehead atoms. The molecule has 38 heavy (non-hydrogen) atoms. The number of carbonyl (C=O) groups is 1. The number of carbonyl (C=O) groups excluding carboxylic acids is 1. The molecule has 4 rings (SSSR count). The van der Waals surface area contributed by atoms with Crippen LogP contribution in [0.5, 0.6) is 17.2 Å². The molecule has 2 aromatic carbocycles. The van der Waals surface area contributed by atoms with E-state index in [1.165, 1.54) is 0 Å². The van der Waals surface area contributed by atoms with Gasteiger partial charge in [-0.25, -0.2) is 14.8 Å². The van der Waals surface area contributed by atoms with Gasteiger partial charge in [0.25, 0.3) is 0 Å². The zero-order valence-electron chi connectivity index (χ0n) is 22.2. The van der Waals surface area contributed by atoms with Crippen molar-refractivity contribution in [2.24, 2.45) is 0 Å². The zero-order chi connectivity index (χ0) is 27.3. The molecule has 0 spiro atoms. The number of ether oxygens (including phenoxy) is 3. The number of benzene rings is 2.